The lowest BCUT2D eigenvalue weighted by Gasteiger charge is -2.26. The number of carbonyl (C=O) groups is 2. The maximum Gasteiger partial charge on any atom is 0.416 e. The molecule has 1 N–H and O–H groups in total. The van der Waals surface area contributed by atoms with Crippen LogP contribution in [0.1, 0.15) is 70.5 Å². The Hall–Kier alpha value is -3.14. The van der Waals surface area contributed by atoms with E-state index in [-0.39, 0.29) is 12.6 Å². The summed E-state index contributed by atoms with van der Waals surface area (Å²) in [6.07, 6.45) is 1.16. The first-order chi connectivity index (χ1) is 16.6. The summed E-state index contributed by atoms with van der Waals surface area (Å²) in [4.78, 5) is 37.4. The Kier molecular flexibility index (Phi) is 7.97. The molecule has 3 heterocycles. The molecule has 36 heavy (non-hydrogen) atoms. The quantitative estimate of drug-likeness (QED) is 0.410. The van der Waals surface area contributed by atoms with E-state index in [2.05, 4.69) is 15.3 Å². The first kappa shape index (κ1) is 27.4. The minimum atomic E-state index is -0.682. The third-order valence-electron chi connectivity index (χ3n) is 4.98. The van der Waals surface area contributed by atoms with Crippen LogP contribution < -0.4 is 10.2 Å². The van der Waals surface area contributed by atoms with Gasteiger partial charge in [-0.1, -0.05) is 0 Å². The van der Waals surface area contributed by atoms with Crippen molar-refractivity contribution in [2.24, 2.45) is 0 Å². The van der Waals surface area contributed by atoms with E-state index >= 15 is 0 Å². The van der Waals surface area contributed by atoms with Crippen molar-refractivity contribution >= 4 is 39.6 Å². The topological polar surface area (TPSA) is 107 Å². The van der Waals surface area contributed by atoms with Crippen molar-refractivity contribution in [3.8, 4) is 0 Å². The summed E-state index contributed by atoms with van der Waals surface area (Å²) < 4.78 is 17.4. The van der Waals surface area contributed by atoms with Crippen LogP contribution in [0.5, 0.6) is 0 Å². The van der Waals surface area contributed by atoms with E-state index in [9.17, 15) is 9.59 Å². The Morgan fingerprint density at radius 2 is 1.78 bits per heavy atom. The molecule has 196 valence electrons. The van der Waals surface area contributed by atoms with E-state index < -0.39 is 23.4 Å². The van der Waals surface area contributed by atoms with Gasteiger partial charge in [0.15, 0.2) is 5.82 Å². The number of rotatable bonds is 6. The van der Waals surface area contributed by atoms with Gasteiger partial charge in [0.2, 0.25) is 0 Å². The van der Waals surface area contributed by atoms with Crippen LogP contribution in [0.4, 0.5) is 15.4 Å². The molecule has 0 saturated heterocycles. The monoisotopic (exact) mass is 516 g/mol. The Labute approximate surface area is 216 Å². The fourth-order valence-electron chi connectivity index (χ4n) is 3.54. The molecule has 0 spiro atoms. The van der Waals surface area contributed by atoms with E-state index in [1.54, 1.807) is 25.3 Å². The van der Waals surface area contributed by atoms with Crippen LogP contribution in [0.3, 0.4) is 0 Å². The van der Waals surface area contributed by atoms with Gasteiger partial charge in [-0.2, -0.15) is 0 Å². The molecule has 9 nitrogen and oxygen atoms in total. The van der Waals surface area contributed by atoms with Crippen molar-refractivity contribution in [1.29, 1.82) is 0 Å². The molecule has 10 heteroatoms. The summed E-state index contributed by atoms with van der Waals surface area (Å²) in [5.74, 6) is 1.61. The number of hydrogen-bond acceptors (Lipinski definition) is 8. The molecular weight excluding hydrogens is 480 g/mol. The fraction of sp³-hybridized carbons (Fsp3) is 0.538. The number of thiophene rings is 1. The number of fused-ring (bicyclic) bond motifs is 1. The Morgan fingerprint density at radius 1 is 1.11 bits per heavy atom. The predicted molar refractivity (Wildman–Crippen MR) is 141 cm³/mol. The van der Waals surface area contributed by atoms with Crippen LogP contribution in [0.15, 0.2) is 22.8 Å². The van der Waals surface area contributed by atoms with Crippen LogP contribution in [0.2, 0.25) is 0 Å². The molecule has 1 atom stereocenters. The molecule has 0 aromatic carbocycles. The summed E-state index contributed by atoms with van der Waals surface area (Å²) in [5, 5.41) is 2.89. The van der Waals surface area contributed by atoms with Gasteiger partial charge < -0.3 is 19.2 Å². The molecule has 3 aromatic heterocycles. The number of furan rings is 1. The normalized spacial score (nSPS) is 12.9. The molecule has 0 bridgehead atoms. The van der Waals surface area contributed by atoms with Crippen LogP contribution in [-0.4, -0.2) is 39.4 Å². The molecule has 3 rings (SSSR count). The number of hydrogen-bond donors (Lipinski definition) is 1. The average molecular weight is 517 g/mol. The molecule has 3 aromatic rings. The lowest BCUT2D eigenvalue weighted by atomic mass is 10.1. The molecule has 2 amide bonds. The summed E-state index contributed by atoms with van der Waals surface area (Å²) in [7, 11) is 0. The van der Waals surface area contributed by atoms with Crippen molar-refractivity contribution in [3.63, 3.8) is 0 Å². The van der Waals surface area contributed by atoms with Gasteiger partial charge in [0.1, 0.15) is 22.8 Å². The largest absolute Gasteiger partial charge is 0.467 e. The van der Waals surface area contributed by atoms with Crippen molar-refractivity contribution in [2.45, 2.75) is 92.5 Å². The highest BCUT2D eigenvalue weighted by Crippen LogP contribution is 2.37. The van der Waals surface area contributed by atoms with Crippen LogP contribution in [-0.2, 0) is 22.4 Å². The van der Waals surface area contributed by atoms with Crippen molar-refractivity contribution in [2.75, 3.05) is 4.90 Å². The number of nitrogens with one attached hydrogen (secondary N) is 1. The number of aromatic nitrogens is 2. The van der Waals surface area contributed by atoms with E-state index in [1.807, 2.05) is 55.4 Å². The number of aryl methyl sites for hydroxylation is 2. The fourth-order valence-corrected chi connectivity index (χ4v) is 4.92. The molecular formula is C26H36N4O5S. The van der Waals surface area contributed by atoms with Crippen LogP contribution in [0.25, 0.3) is 10.2 Å². The molecule has 0 aliphatic carbocycles. The average Bonchev–Trinajstić information content (AvgIpc) is 3.32. The summed E-state index contributed by atoms with van der Waals surface area (Å²) in [6.45, 7) is 16.8. The minimum Gasteiger partial charge on any atom is -0.467 e. The smallest absolute Gasteiger partial charge is 0.416 e. The van der Waals surface area contributed by atoms with E-state index in [0.717, 1.165) is 20.7 Å². The number of amides is 2. The summed E-state index contributed by atoms with van der Waals surface area (Å²) in [6, 6.07) is 3.40. The van der Waals surface area contributed by atoms with Gasteiger partial charge >= 0.3 is 12.2 Å². The standard InChI is InChI=1S/C26H36N4O5S/c1-15(27-23(31)34-25(4,5)6)13-19-16(2)20-21(36-19)22(29-17(3)28-20)30(14-18-11-10-12-33-18)24(32)35-26(7,8)9/h10-12,15H,13-14H2,1-9H3,(H,27,31)/t15-/m1/s1. The number of ether oxygens (including phenoxy) is 2. The lowest BCUT2D eigenvalue weighted by Crippen LogP contribution is -2.38. The third kappa shape index (κ3) is 7.19. The summed E-state index contributed by atoms with van der Waals surface area (Å²) >= 11 is 1.51. The Bertz CT molecular complexity index is 1220. The highest BCUT2D eigenvalue weighted by molar-refractivity contribution is 7.19. The van der Waals surface area contributed by atoms with Crippen LogP contribution in [0, 0.1) is 13.8 Å². The van der Waals surface area contributed by atoms with Gasteiger partial charge in [0.05, 0.1) is 23.0 Å². The maximum absolute atomic E-state index is 13.3. The second-order valence-electron chi connectivity index (χ2n) is 10.8. The highest BCUT2D eigenvalue weighted by Gasteiger charge is 2.29. The van der Waals surface area contributed by atoms with E-state index in [0.29, 0.717) is 23.8 Å². The maximum atomic E-state index is 13.3. The van der Waals surface area contributed by atoms with Gasteiger partial charge in [-0.25, -0.2) is 19.6 Å². The van der Waals surface area contributed by atoms with Gasteiger partial charge in [-0.15, -0.1) is 11.3 Å². The van der Waals surface area contributed by atoms with Crippen LogP contribution >= 0.6 is 11.3 Å². The molecule has 0 fully saturated rings. The van der Waals surface area contributed by atoms with E-state index in [4.69, 9.17) is 13.9 Å². The van der Waals surface area contributed by atoms with Gasteiger partial charge in [-0.3, -0.25) is 4.90 Å². The van der Waals surface area contributed by atoms with Gasteiger partial charge in [-0.05, 0) is 80.0 Å². The predicted octanol–water partition coefficient (Wildman–Crippen LogP) is 6.30. The summed E-state index contributed by atoms with van der Waals surface area (Å²) in [5.41, 5.74) is 0.508. The zero-order valence-electron chi connectivity index (χ0n) is 22.5. The second kappa shape index (κ2) is 10.5. The molecule has 0 aliphatic rings. The zero-order valence-corrected chi connectivity index (χ0v) is 23.3. The Balaban J connectivity index is 1.98. The SMILES string of the molecule is Cc1nc(N(Cc2ccco2)C(=O)OC(C)(C)C)c2sc(C[C@@H](C)NC(=O)OC(C)(C)C)c(C)c2n1. The number of carbonyl (C=O) groups excluding carboxylic acids is 2. The van der Waals surface area contributed by atoms with Gasteiger partial charge in [0.25, 0.3) is 0 Å². The lowest BCUT2D eigenvalue weighted by molar-refractivity contribution is 0.0506. The molecule has 0 aliphatic heterocycles. The number of anilines is 1. The third-order valence-corrected chi connectivity index (χ3v) is 6.28. The van der Waals surface area contributed by atoms with Gasteiger partial charge in [0, 0.05) is 17.3 Å². The number of alkyl carbamates (subject to hydrolysis) is 1. The molecule has 0 unspecified atom stereocenters. The zero-order chi connectivity index (χ0) is 26.8. The Morgan fingerprint density at radius 3 is 2.36 bits per heavy atom. The van der Waals surface area contributed by atoms with E-state index in [1.165, 1.54) is 16.2 Å². The van der Waals surface area contributed by atoms with Crippen molar-refractivity contribution in [1.82, 2.24) is 15.3 Å². The first-order valence-electron chi connectivity index (χ1n) is 11.9. The highest BCUT2D eigenvalue weighted by atomic mass is 32.1. The second-order valence-corrected chi connectivity index (χ2v) is 11.9. The van der Waals surface area contributed by atoms with Crippen molar-refractivity contribution in [3.05, 3.63) is 40.4 Å². The number of nitrogens with zero attached hydrogens (tertiary/aromatic N) is 3. The minimum absolute atomic E-state index is 0.163. The first-order valence-corrected chi connectivity index (χ1v) is 12.7. The van der Waals surface area contributed by atoms with Crippen molar-refractivity contribution < 1.29 is 23.5 Å². The molecule has 0 saturated carbocycles. The molecule has 0 radical (unpaired) electrons.